The number of nitrogens with zero attached hydrogens (tertiary/aromatic N) is 6. The average Bonchev–Trinajstić information content (AvgIpc) is 3.53. The second kappa shape index (κ2) is 9.43. The quantitative estimate of drug-likeness (QED) is 0.213. The van der Waals surface area contributed by atoms with Gasteiger partial charge in [0.25, 0.3) is 5.69 Å². The van der Waals surface area contributed by atoms with Crippen LogP contribution in [-0.4, -0.2) is 35.7 Å². The van der Waals surface area contributed by atoms with Gasteiger partial charge in [-0.1, -0.05) is 16.9 Å². The number of aromatic nitrogens is 5. The molecule has 32 heavy (non-hydrogen) atoms. The normalized spacial score (nSPS) is 11.0. The van der Waals surface area contributed by atoms with Crippen LogP contribution in [0, 0.1) is 10.1 Å². The molecule has 0 aliphatic rings. The Hall–Kier alpha value is -4.00. The lowest BCUT2D eigenvalue weighted by molar-refractivity contribution is -0.384. The van der Waals surface area contributed by atoms with Crippen LogP contribution in [0.15, 0.2) is 56.8 Å². The number of nitro benzene ring substituents is 1. The molecular weight excluding hydrogens is 438 g/mol. The van der Waals surface area contributed by atoms with Crippen LogP contribution >= 0.6 is 11.8 Å². The van der Waals surface area contributed by atoms with Gasteiger partial charge in [-0.25, -0.2) is 0 Å². The van der Waals surface area contributed by atoms with E-state index in [0.29, 0.717) is 52.7 Å². The van der Waals surface area contributed by atoms with Gasteiger partial charge in [-0.2, -0.15) is 4.98 Å². The first kappa shape index (κ1) is 21.2. The predicted molar refractivity (Wildman–Crippen MR) is 111 cm³/mol. The van der Waals surface area contributed by atoms with E-state index < -0.39 is 10.8 Å². The zero-order valence-electron chi connectivity index (χ0n) is 16.6. The number of carbonyl (C=O) groups is 1. The molecule has 12 nitrogen and oxygen atoms in total. The number of hydrogen-bond donors (Lipinski definition) is 1. The summed E-state index contributed by atoms with van der Waals surface area (Å²) >= 11 is 1.34. The van der Waals surface area contributed by atoms with E-state index >= 15 is 0 Å². The number of thioether (sulfide) groups is 1. The molecule has 3 aromatic heterocycles. The fraction of sp³-hybridized carbons (Fsp3) is 0.211. The van der Waals surface area contributed by atoms with E-state index in [0.717, 1.165) is 0 Å². The van der Waals surface area contributed by atoms with E-state index in [4.69, 9.17) is 14.7 Å². The van der Waals surface area contributed by atoms with Crippen molar-refractivity contribution in [2.24, 2.45) is 5.73 Å². The maximum Gasteiger partial charge on any atom is 0.269 e. The highest BCUT2D eigenvalue weighted by atomic mass is 32.2. The van der Waals surface area contributed by atoms with Crippen molar-refractivity contribution in [2.45, 2.75) is 30.3 Å². The summed E-state index contributed by atoms with van der Waals surface area (Å²) in [6.07, 6.45) is 2.09. The van der Waals surface area contributed by atoms with Crippen LogP contribution in [0.1, 0.15) is 23.9 Å². The lowest BCUT2D eigenvalue weighted by Gasteiger charge is -2.07. The first-order valence-electron chi connectivity index (χ1n) is 9.42. The molecule has 1 amide bonds. The van der Waals surface area contributed by atoms with Crippen LogP contribution in [0.3, 0.4) is 0 Å². The fourth-order valence-corrected chi connectivity index (χ4v) is 3.65. The molecule has 164 valence electrons. The number of amides is 1. The minimum Gasteiger partial charge on any atom is -0.467 e. The van der Waals surface area contributed by atoms with Crippen molar-refractivity contribution in [1.82, 2.24) is 24.9 Å². The third kappa shape index (κ3) is 5.00. The molecule has 13 heteroatoms. The molecule has 4 rings (SSSR count). The maximum absolute atomic E-state index is 11.2. The van der Waals surface area contributed by atoms with Gasteiger partial charge >= 0.3 is 0 Å². The maximum atomic E-state index is 11.2. The van der Waals surface area contributed by atoms with Gasteiger partial charge in [0.2, 0.25) is 17.6 Å². The third-order valence-electron chi connectivity index (χ3n) is 4.41. The van der Waals surface area contributed by atoms with E-state index in [-0.39, 0.29) is 12.1 Å². The van der Waals surface area contributed by atoms with Crippen molar-refractivity contribution >= 4 is 23.4 Å². The number of non-ortho nitro benzene ring substituents is 1. The summed E-state index contributed by atoms with van der Waals surface area (Å²) in [7, 11) is 0. The lowest BCUT2D eigenvalue weighted by atomic mass is 10.2. The summed E-state index contributed by atoms with van der Waals surface area (Å²) in [5.74, 6) is 1.91. The molecule has 0 spiro atoms. The number of primary amides is 1. The largest absolute Gasteiger partial charge is 0.467 e. The van der Waals surface area contributed by atoms with E-state index in [1.807, 2.05) is 10.6 Å². The molecule has 0 saturated carbocycles. The van der Waals surface area contributed by atoms with Crippen LogP contribution in [0.25, 0.3) is 11.4 Å². The Labute approximate surface area is 185 Å². The topological polar surface area (TPSA) is 169 Å². The highest BCUT2D eigenvalue weighted by Crippen LogP contribution is 2.25. The molecule has 0 fully saturated rings. The second-order valence-electron chi connectivity index (χ2n) is 6.64. The Morgan fingerprint density at radius 3 is 2.72 bits per heavy atom. The molecule has 0 saturated heterocycles. The molecular formula is C19H17N7O5S. The smallest absolute Gasteiger partial charge is 0.269 e. The highest BCUT2D eigenvalue weighted by Gasteiger charge is 2.17. The Morgan fingerprint density at radius 2 is 2.03 bits per heavy atom. The molecule has 4 aromatic rings. The van der Waals surface area contributed by atoms with E-state index in [1.165, 1.54) is 23.9 Å². The summed E-state index contributed by atoms with van der Waals surface area (Å²) in [4.78, 5) is 25.8. The van der Waals surface area contributed by atoms with E-state index in [1.54, 1.807) is 24.5 Å². The number of carbonyl (C=O) groups excluding carboxylic acids is 1. The second-order valence-corrected chi connectivity index (χ2v) is 7.58. The molecule has 0 aliphatic carbocycles. The molecule has 0 radical (unpaired) electrons. The van der Waals surface area contributed by atoms with Gasteiger partial charge in [-0.3, -0.25) is 19.5 Å². The molecule has 1 aromatic carbocycles. The van der Waals surface area contributed by atoms with E-state index in [2.05, 4.69) is 20.3 Å². The summed E-state index contributed by atoms with van der Waals surface area (Å²) in [5.41, 5.74) is 5.84. The Bertz CT molecular complexity index is 1220. The third-order valence-corrected chi connectivity index (χ3v) is 5.36. The first-order chi connectivity index (χ1) is 15.5. The van der Waals surface area contributed by atoms with Gasteiger partial charge in [0.05, 0.1) is 23.5 Å². The van der Waals surface area contributed by atoms with Crippen LogP contribution < -0.4 is 5.73 Å². The molecule has 3 heterocycles. The standard InChI is InChI=1S/C19H17N7O5S/c20-15(27)7-8-16-22-23-19(25(16)10-14-2-1-9-30-14)32-11-17-21-18(24-31-17)12-3-5-13(6-4-12)26(28)29/h1-6,9H,7-8,10-11H2,(H2,20,27). The molecule has 0 atom stereocenters. The number of nitro groups is 1. The van der Waals surface area contributed by atoms with Crippen LogP contribution in [0.2, 0.25) is 0 Å². The number of nitrogens with two attached hydrogens (primary N) is 1. The fourth-order valence-electron chi connectivity index (χ4n) is 2.85. The zero-order chi connectivity index (χ0) is 22.5. The van der Waals surface area contributed by atoms with Crippen molar-refractivity contribution in [1.29, 1.82) is 0 Å². The number of aryl methyl sites for hydroxylation is 1. The SMILES string of the molecule is NC(=O)CCc1nnc(SCc2nc(-c3ccc([N+](=O)[O-])cc3)no2)n1Cc1ccco1. The summed E-state index contributed by atoms with van der Waals surface area (Å²) in [5, 5.41) is 23.7. The van der Waals surface area contributed by atoms with Crippen molar-refractivity contribution in [3.63, 3.8) is 0 Å². The summed E-state index contributed by atoms with van der Waals surface area (Å²) < 4.78 is 12.6. The highest BCUT2D eigenvalue weighted by molar-refractivity contribution is 7.98. The zero-order valence-corrected chi connectivity index (χ0v) is 17.4. The average molecular weight is 455 g/mol. The Morgan fingerprint density at radius 1 is 1.22 bits per heavy atom. The molecule has 0 unspecified atom stereocenters. The molecule has 0 bridgehead atoms. The monoisotopic (exact) mass is 455 g/mol. The number of hydrogen-bond acceptors (Lipinski definition) is 10. The minimum atomic E-state index is -0.474. The predicted octanol–water partition coefficient (Wildman–Crippen LogP) is 2.59. The van der Waals surface area contributed by atoms with E-state index in [9.17, 15) is 14.9 Å². The number of rotatable bonds is 10. The molecule has 2 N–H and O–H groups in total. The summed E-state index contributed by atoms with van der Waals surface area (Å²) in [6.45, 7) is 0.397. The number of benzene rings is 1. The Balaban J connectivity index is 1.47. The lowest BCUT2D eigenvalue weighted by Crippen LogP contribution is -2.14. The van der Waals surface area contributed by atoms with Gasteiger partial charge in [0.15, 0.2) is 5.16 Å². The van der Waals surface area contributed by atoms with Gasteiger partial charge in [0, 0.05) is 30.5 Å². The van der Waals surface area contributed by atoms with Gasteiger partial charge in [0.1, 0.15) is 11.6 Å². The number of furan rings is 1. The van der Waals surface area contributed by atoms with Crippen LogP contribution in [0.5, 0.6) is 0 Å². The van der Waals surface area contributed by atoms with Crippen LogP contribution in [-0.2, 0) is 23.5 Å². The Kier molecular flexibility index (Phi) is 6.26. The van der Waals surface area contributed by atoms with Crippen molar-refractivity contribution in [2.75, 3.05) is 0 Å². The van der Waals surface area contributed by atoms with Gasteiger partial charge in [-0.05, 0) is 24.3 Å². The van der Waals surface area contributed by atoms with Crippen LogP contribution in [0.4, 0.5) is 5.69 Å². The van der Waals surface area contributed by atoms with Crippen molar-refractivity contribution < 1.29 is 18.7 Å². The first-order valence-corrected chi connectivity index (χ1v) is 10.4. The molecule has 0 aliphatic heterocycles. The van der Waals surface area contributed by atoms with Crippen molar-refractivity contribution in [3.05, 3.63) is 70.3 Å². The summed E-state index contributed by atoms with van der Waals surface area (Å²) in [6, 6.07) is 9.50. The van der Waals surface area contributed by atoms with Gasteiger partial charge < -0.3 is 14.7 Å². The van der Waals surface area contributed by atoms with Crippen molar-refractivity contribution in [3.8, 4) is 11.4 Å². The van der Waals surface area contributed by atoms with Gasteiger partial charge in [-0.15, -0.1) is 10.2 Å². The minimum absolute atomic E-state index is 0.0175.